The van der Waals surface area contributed by atoms with Gasteiger partial charge >= 0.3 is 5.97 Å². The second-order valence-corrected chi connectivity index (χ2v) is 11.0. The minimum absolute atomic E-state index is 0.0193. The van der Waals surface area contributed by atoms with Crippen molar-refractivity contribution in [3.05, 3.63) is 10.6 Å². The molecule has 33 heavy (non-hydrogen) atoms. The summed E-state index contributed by atoms with van der Waals surface area (Å²) in [6.07, 6.45) is -0.0730. The highest BCUT2D eigenvalue weighted by molar-refractivity contribution is 8.03. The quantitative estimate of drug-likeness (QED) is 0.280. The van der Waals surface area contributed by atoms with E-state index in [1.54, 1.807) is 11.8 Å². The van der Waals surface area contributed by atoms with E-state index >= 15 is 0 Å². The van der Waals surface area contributed by atoms with Crippen LogP contribution in [0.1, 0.15) is 33.1 Å². The second kappa shape index (κ2) is 9.53. The number of β-lactam (4-membered cyclic amide) rings is 1. The van der Waals surface area contributed by atoms with Crippen molar-refractivity contribution in [2.45, 2.75) is 68.7 Å². The standard InChI is InChI=1S/C22H34N4O6S/c1-10-18-17(11(2)27)21(30)26(18)19(22(31)32)20(10)33-13-6-14(24-8-13)15(28)7-16(29)25-5-4-12(9-25)23-3/h10-15,17-18,23-24,27-28H,4-9H2,1-3H3,(H,31,32)/t10-,11-,12-,13+,14+,15?,17-,18-/m1/s1. The van der Waals surface area contributed by atoms with Crippen molar-refractivity contribution in [1.29, 1.82) is 0 Å². The topological polar surface area (TPSA) is 142 Å². The normalized spacial score (nSPS) is 35.6. The molecule has 0 aromatic heterocycles. The van der Waals surface area contributed by atoms with Gasteiger partial charge in [0.1, 0.15) is 5.70 Å². The van der Waals surface area contributed by atoms with Crippen LogP contribution < -0.4 is 10.6 Å². The van der Waals surface area contributed by atoms with Crippen LogP contribution in [0.4, 0.5) is 0 Å². The van der Waals surface area contributed by atoms with Gasteiger partial charge in [0, 0.05) is 47.8 Å². The molecule has 0 radical (unpaired) electrons. The highest BCUT2D eigenvalue weighted by atomic mass is 32.2. The van der Waals surface area contributed by atoms with Gasteiger partial charge in [-0.05, 0) is 26.8 Å². The summed E-state index contributed by atoms with van der Waals surface area (Å²) in [6, 6.07) is -0.280. The van der Waals surface area contributed by atoms with Crippen LogP contribution in [0.3, 0.4) is 0 Å². The number of hydrogen-bond donors (Lipinski definition) is 5. The van der Waals surface area contributed by atoms with Crippen molar-refractivity contribution >= 4 is 29.5 Å². The molecule has 4 rings (SSSR count). The molecule has 184 valence electrons. The number of aliphatic carboxylic acids is 1. The Morgan fingerprint density at radius 2 is 2.06 bits per heavy atom. The zero-order valence-electron chi connectivity index (χ0n) is 19.2. The van der Waals surface area contributed by atoms with Gasteiger partial charge in [0.25, 0.3) is 0 Å². The van der Waals surface area contributed by atoms with Gasteiger partial charge in [-0.2, -0.15) is 0 Å². The molecule has 0 aromatic carbocycles. The number of fused-ring (bicyclic) bond motifs is 1. The molecule has 0 aliphatic carbocycles. The fourth-order valence-electron chi connectivity index (χ4n) is 5.65. The molecule has 5 N–H and O–H groups in total. The van der Waals surface area contributed by atoms with Crippen LogP contribution in [-0.2, 0) is 14.4 Å². The third-order valence-corrected chi connectivity index (χ3v) is 9.04. The Bertz CT molecular complexity index is 851. The minimum Gasteiger partial charge on any atom is -0.477 e. The fraction of sp³-hybridized carbons (Fsp3) is 0.773. The van der Waals surface area contributed by atoms with Crippen LogP contribution in [0.5, 0.6) is 0 Å². The maximum Gasteiger partial charge on any atom is 0.353 e. The molecule has 0 spiro atoms. The Hall–Kier alpha value is -1.66. The maximum atomic E-state index is 12.6. The van der Waals surface area contributed by atoms with Crippen molar-refractivity contribution < 1.29 is 29.7 Å². The Labute approximate surface area is 197 Å². The van der Waals surface area contributed by atoms with Crippen molar-refractivity contribution in [3.63, 3.8) is 0 Å². The van der Waals surface area contributed by atoms with Gasteiger partial charge < -0.3 is 35.8 Å². The van der Waals surface area contributed by atoms with Gasteiger partial charge in [0.05, 0.1) is 30.6 Å². The lowest BCUT2D eigenvalue weighted by molar-refractivity contribution is -0.163. The maximum absolute atomic E-state index is 12.6. The predicted octanol–water partition coefficient (Wildman–Crippen LogP) is -0.825. The summed E-state index contributed by atoms with van der Waals surface area (Å²) < 4.78 is 0. The number of likely N-dealkylation sites (N-methyl/N-ethyl adjacent to an activating group) is 1. The molecule has 2 amide bonds. The molecule has 3 fully saturated rings. The van der Waals surface area contributed by atoms with Crippen LogP contribution in [0.25, 0.3) is 0 Å². The van der Waals surface area contributed by atoms with Crippen molar-refractivity contribution in [2.75, 3.05) is 26.7 Å². The number of carbonyl (C=O) groups excluding carboxylic acids is 2. The summed E-state index contributed by atoms with van der Waals surface area (Å²) in [5.74, 6) is -2.29. The number of rotatable bonds is 8. The number of carbonyl (C=O) groups is 3. The van der Waals surface area contributed by atoms with Crippen molar-refractivity contribution in [3.8, 4) is 0 Å². The zero-order valence-corrected chi connectivity index (χ0v) is 20.0. The van der Waals surface area contributed by atoms with Crippen LogP contribution in [0, 0.1) is 11.8 Å². The Kier molecular flexibility index (Phi) is 7.07. The first kappa shape index (κ1) is 24.5. The van der Waals surface area contributed by atoms with Gasteiger partial charge in [-0.15, -0.1) is 11.8 Å². The molecular weight excluding hydrogens is 448 g/mol. The second-order valence-electron chi connectivity index (χ2n) is 9.65. The van der Waals surface area contributed by atoms with Gasteiger partial charge in [0.2, 0.25) is 11.8 Å². The number of carboxylic acids is 1. The molecule has 1 unspecified atom stereocenters. The third kappa shape index (κ3) is 4.41. The Morgan fingerprint density at radius 3 is 2.67 bits per heavy atom. The van der Waals surface area contributed by atoms with Gasteiger partial charge in [-0.3, -0.25) is 9.59 Å². The molecule has 10 nitrogen and oxygen atoms in total. The Morgan fingerprint density at radius 1 is 1.33 bits per heavy atom. The monoisotopic (exact) mass is 482 g/mol. The van der Waals surface area contributed by atoms with E-state index in [1.165, 1.54) is 16.7 Å². The lowest BCUT2D eigenvalue weighted by Gasteiger charge is -2.46. The molecule has 0 bridgehead atoms. The van der Waals surface area contributed by atoms with Crippen LogP contribution in [0.15, 0.2) is 10.6 Å². The molecule has 4 heterocycles. The molecule has 3 saturated heterocycles. The summed E-state index contributed by atoms with van der Waals surface area (Å²) in [5.41, 5.74) is 0.0201. The fourth-order valence-corrected chi connectivity index (χ4v) is 7.14. The number of amides is 2. The summed E-state index contributed by atoms with van der Waals surface area (Å²) >= 11 is 1.44. The SMILES string of the molecule is CN[C@@H]1CCN(C(=O)CC(O)[C@@H]2C[C@H](SC3=C(C(=O)O)N4C(=O)[C@H]([C@@H](C)O)[C@H]4[C@H]3C)CN2)C1. The number of aliphatic hydroxyl groups excluding tert-OH is 2. The van der Waals surface area contributed by atoms with Gasteiger partial charge in [-0.1, -0.05) is 6.92 Å². The van der Waals surface area contributed by atoms with E-state index < -0.39 is 24.1 Å². The number of likely N-dealkylation sites (tertiary alicyclic amines) is 1. The van der Waals surface area contributed by atoms with Gasteiger partial charge in [0.15, 0.2) is 0 Å². The van der Waals surface area contributed by atoms with Crippen LogP contribution in [0.2, 0.25) is 0 Å². The summed E-state index contributed by atoms with van der Waals surface area (Å²) in [5, 5.41) is 36.9. The number of hydrogen-bond acceptors (Lipinski definition) is 8. The average Bonchev–Trinajstić information content (AvgIpc) is 3.46. The van der Waals surface area contributed by atoms with E-state index in [1.807, 2.05) is 14.0 Å². The number of carboxylic acid groups (broad SMARTS) is 1. The van der Waals surface area contributed by atoms with Gasteiger partial charge in [-0.25, -0.2) is 4.79 Å². The zero-order chi connectivity index (χ0) is 24.0. The number of nitrogens with zero attached hydrogens (tertiary/aromatic N) is 2. The predicted molar refractivity (Wildman–Crippen MR) is 122 cm³/mol. The first-order valence-electron chi connectivity index (χ1n) is 11.7. The summed E-state index contributed by atoms with van der Waals surface area (Å²) in [6.45, 7) is 5.40. The smallest absolute Gasteiger partial charge is 0.353 e. The molecule has 8 atom stereocenters. The lowest BCUT2D eigenvalue weighted by atomic mass is 9.79. The molecule has 0 saturated carbocycles. The molecule has 0 aromatic rings. The first-order valence-corrected chi connectivity index (χ1v) is 12.5. The molecular formula is C22H34N4O6S. The summed E-state index contributed by atoms with van der Waals surface area (Å²) in [4.78, 5) is 40.8. The van der Waals surface area contributed by atoms with E-state index in [-0.39, 0.29) is 47.2 Å². The number of thioether (sulfide) groups is 1. The van der Waals surface area contributed by atoms with Crippen molar-refractivity contribution in [2.24, 2.45) is 11.8 Å². The van der Waals surface area contributed by atoms with E-state index in [0.717, 1.165) is 6.42 Å². The highest BCUT2D eigenvalue weighted by Crippen LogP contribution is 2.51. The largest absolute Gasteiger partial charge is 0.477 e. The lowest BCUT2D eigenvalue weighted by Crippen LogP contribution is -2.63. The first-order chi connectivity index (χ1) is 15.6. The van der Waals surface area contributed by atoms with Crippen molar-refractivity contribution in [1.82, 2.24) is 20.4 Å². The number of aliphatic hydroxyl groups is 2. The van der Waals surface area contributed by atoms with Crippen LogP contribution >= 0.6 is 11.8 Å². The minimum atomic E-state index is -1.14. The van der Waals surface area contributed by atoms with E-state index in [2.05, 4.69) is 10.6 Å². The number of nitrogens with one attached hydrogen (secondary N) is 2. The highest BCUT2D eigenvalue weighted by Gasteiger charge is 2.60. The Balaban J connectivity index is 1.36. The van der Waals surface area contributed by atoms with E-state index in [9.17, 15) is 29.7 Å². The van der Waals surface area contributed by atoms with Crippen LogP contribution in [-0.4, -0.2) is 105 Å². The van der Waals surface area contributed by atoms with E-state index in [0.29, 0.717) is 37.0 Å². The average molecular weight is 483 g/mol. The molecule has 4 aliphatic heterocycles. The van der Waals surface area contributed by atoms with E-state index in [4.69, 9.17) is 0 Å². The molecule has 11 heteroatoms. The summed E-state index contributed by atoms with van der Waals surface area (Å²) in [7, 11) is 1.88. The third-order valence-electron chi connectivity index (χ3n) is 7.53. The molecule has 4 aliphatic rings.